The summed E-state index contributed by atoms with van der Waals surface area (Å²) in [5, 5.41) is 3.15. The van der Waals surface area contributed by atoms with Crippen LogP contribution in [0.15, 0.2) is 18.2 Å². The van der Waals surface area contributed by atoms with E-state index in [4.69, 9.17) is 14.2 Å². The first-order chi connectivity index (χ1) is 8.61. The van der Waals surface area contributed by atoms with Crippen LogP contribution in [0.5, 0.6) is 11.5 Å². The van der Waals surface area contributed by atoms with E-state index in [1.165, 1.54) is 7.11 Å². The first-order valence-corrected chi connectivity index (χ1v) is 5.86. The molecule has 1 N–H and O–H groups in total. The summed E-state index contributed by atoms with van der Waals surface area (Å²) in [6, 6.07) is 5.11. The molecule has 0 bridgehead atoms. The second-order valence-electron chi connectivity index (χ2n) is 4.46. The second-order valence-corrected chi connectivity index (χ2v) is 4.46. The average molecular weight is 251 g/mol. The first-order valence-electron chi connectivity index (χ1n) is 5.86. The van der Waals surface area contributed by atoms with Crippen LogP contribution in [0.2, 0.25) is 0 Å². The molecule has 1 heterocycles. The molecule has 1 atom stereocenters. The highest BCUT2D eigenvalue weighted by molar-refractivity contribution is 5.79. The maximum Gasteiger partial charge on any atom is 0.328 e. The predicted octanol–water partition coefficient (Wildman–Crippen LogP) is 2.02. The van der Waals surface area contributed by atoms with Crippen molar-refractivity contribution in [2.24, 2.45) is 5.92 Å². The van der Waals surface area contributed by atoms with Crippen LogP contribution in [0.4, 0.5) is 5.69 Å². The fourth-order valence-corrected chi connectivity index (χ4v) is 1.79. The van der Waals surface area contributed by atoms with E-state index in [0.717, 1.165) is 11.4 Å². The van der Waals surface area contributed by atoms with Crippen molar-refractivity contribution in [2.75, 3.05) is 19.2 Å². The summed E-state index contributed by atoms with van der Waals surface area (Å²) < 4.78 is 15.3. The lowest BCUT2D eigenvalue weighted by atomic mass is 10.0. The molecule has 1 aromatic carbocycles. The lowest BCUT2D eigenvalue weighted by Gasteiger charge is -2.21. The van der Waals surface area contributed by atoms with Crippen LogP contribution in [0.1, 0.15) is 13.8 Å². The molecule has 1 aromatic rings. The van der Waals surface area contributed by atoms with Crippen LogP contribution in [-0.4, -0.2) is 25.9 Å². The van der Waals surface area contributed by atoms with E-state index in [1.54, 1.807) is 0 Å². The zero-order valence-corrected chi connectivity index (χ0v) is 10.7. The van der Waals surface area contributed by atoms with Gasteiger partial charge in [0, 0.05) is 11.8 Å². The number of hydrogen-bond donors (Lipinski definition) is 1. The molecular weight excluding hydrogens is 234 g/mol. The van der Waals surface area contributed by atoms with Gasteiger partial charge in [0.05, 0.1) is 7.11 Å². The highest BCUT2D eigenvalue weighted by Crippen LogP contribution is 2.34. The molecule has 0 saturated carbocycles. The van der Waals surface area contributed by atoms with E-state index in [9.17, 15) is 4.79 Å². The van der Waals surface area contributed by atoms with E-state index >= 15 is 0 Å². The van der Waals surface area contributed by atoms with Crippen LogP contribution in [-0.2, 0) is 9.53 Å². The maximum atomic E-state index is 11.7. The van der Waals surface area contributed by atoms with E-state index in [-0.39, 0.29) is 24.7 Å². The van der Waals surface area contributed by atoms with E-state index in [2.05, 4.69) is 5.32 Å². The molecule has 0 aliphatic carbocycles. The molecule has 0 aromatic heterocycles. The van der Waals surface area contributed by atoms with Crippen molar-refractivity contribution in [3.05, 3.63) is 18.2 Å². The molecule has 0 saturated heterocycles. The van der Waals surface area contributed by atoms with Crippen molar-refractivity contribution in [3.8, 4) is 11.5 Å². The molecule has 2 rings (SSSR count). The third-order valence-corrected chi connectivity index (χ3v) is 2.82. The molecule has 98 valence electrons. The summed E-state index contributed by atoms with van der Waals surface area (Å²) in [7, 11) is 1.39. The lowest BCUT2D eigenvalue weighted by Crippen LogP contribution is -2.35. The molecule has 5 nitrogen and oxygen atoms in total. The minimum atomic E-state index is -0.379. The maximum absolute atomic E-state index is 11.7. The average Bonchev–Trinajstić information content (AvgIpc) is 2.82. The van der Waals surface area contributed by atoms with Crippen molar-refractivity contribution in [1.29, 1.82) is 0 Å². The monoisotopic (exact) mass is 251 g/mol. The Hall–Kier alpha value is -1.91. The molecule has 1 unspecified atom stereocenters. The van der Waals surface area contributed by atoms with Gasteiger partial charge in [-0.2, -0.15) is 0 Å². The Morgan fingerprint density at radius 1 is 1.33 bits per heavy atom. The van der Waals surface area contributed by atoms with Crippen molar-refractivity contribution >= 4 is 11.7 Å². The van der Waals surface area contributed by atoms with Gasteiger partial charge in [0.1, 0.15) is 6.04 Å². The highest BCUT2D eigenvalue weighted by atomic mass is 16.7. The summed E-state index contributed by atoms with van der Waals surface area (Å²) in [6.07, 6.45) is 0. The third-order valence-electron chi connectivity index (χ3n) is 2.82. The number of carbonyl (C=O) groups excluding carboxylic acids is 1. The number of carbonyl (C=O) groups is 1. The molecule has 1 aliphatic rings. The van der Waals surface area contributed by atoms with Gasteiger partial charge < -0.3 is 19.5 Å². The largest absolute Gasteiger partial charge is 0.467 e. The van der Waals surface area contributed by atoms with Crippen LogP contribution in [0, 0.1) is 5.92 Å². The van der Waals surface area contributed by atoms with E-state index in [0.29, 0.717) is 5.75 Å². The minimum Gasteiger partial charge on any atom is -0.467 e. The Kier molecular flexibility index (Phi) is 3.60. The SMILES string of the molecule is COC(=O)C(Nc1ccc2c(c1)OCO2)C(C)C. The molecular formula is C13H17NO4. The second kappa shape index (κ2) is 5.16. The van der Waals surface area contributed by atoms with Crippen LogP contribution >= 0.6 is 0 Å². The third kappa shape index (κ3) is 2.50. The minimum absolute atomic E-state index is 0.128. The number of rotatable bonds is 4. The van der Waals surface area contributed by atoms with Gasteiger partial charge in [-0.3, -0.25) is 0 Å². The Labute approximate surface area is 106 Å². The molecule has 18 heavy (non-hydrogen) atoms. The highest BCUT2D eigenvalue weighted by Gasteiger charge is 2.23. The standard InChI is InChI=1S/C13H17NO4/c1-8(2)12(13(15)16-3)14-9-4-5-10-11(6-9)18-7-17-10/h4-6,8,12,14H,7H2,1-3H3. The molecule has 0 amide bonds. The predicted molar refractivity (Wildman–Crippen MR) is 66.8 cm³/mol. The first kappa shape index (κ1) is 12.5. The number of nitrogens with one attached hydrogen (secondary N) is 1. The van der Waals surface area contributed by atoms with Gasteiger partial charge in [-0.15, -0.1) is 0 Å². The Bertz CT molecular complexity index is 445. The smallest absolute Gasteiger partial charge is 0.328 e. The van der Waals surface area contributed by atoms with Gasteiger partial charge in [0.25, 0.3) is 0 Å². The number of esters is 1. The summed E-state index contributed by atoms with van der Waals surface area (Å²) in [4.78, 5) is 11.7. The molecule has 0 radical (unpaired) electrons. The Balaban J connectivity index is 2.14. The number of anilines is 1. The Morgan fingerprint density at radius 2 is 2.06 bits per heavy atom. The fourth-order valence-electron chi connectivity index (χ4n) is 1.79. The van der Waals surface area contributed by atoms with E-state index < -0.39 is 0 Å². The lowest BCUT2D eigenvalue weighted by molar-refractivity contribution is -0.142. The quantitative estimate of drug-likeness (QED) is 0.830. The van der Waals surface area contributed by atoms with E-state index in [1.807, 2.05) is 32.0 Å². The molecule has 0 fully saturated rings. The van der Waals surface area contributed by atoms with Gasteiger partial charge in [0.2, 0.25) is 6.79 Å². The number of methoxy groups -OCH3 is 1. The zero-order valence-electron chi connectivity index (χ0n) is 10.7. The van der Waals surface area contributed by atoms with Gasteiger partial charge in [-0.05, 0) is 18.1 Å². The number of benzene rings is 1. The fraction of sp³-hybridized carbons (Fsp3) is 0.462. The van der Waals surface area contributed by atoms with Crippen molar-refractivity contribution in [3.63, 3.8) is 0 Å². The summed E-state index contributed by atoms with van der Waals surface area (Å²) in [5.41, 5.74) is 0.809. The van der Waals surface area contributed by atoms with Crippen molar-refractivity contribution in [2.45, 2.75) is 19.9 Å². The number of hydrogen-bond acceptors (Lipinski definition) is 5. The summed E-state index contributed by atoms with van der Waals surface area (Å²) in [5.74, 6) is 1.26. The number of ether oxygens (including phenoxy) is 3. The van der Waals surface area contributed by atoms with Crippen molar-refractivity contribution < 1.29 is 19.0 Å². The Morgan fingerprint density at radius 3 is 2.72 bits per heavy atom. The molecule has 1 aliphatic heterocycles. The van der Waals surface area contributed by atoms with Gasteiger partial charge in [0.15, 0.2) is 11.5 Å². The molecule has 5 heteroatoms. The zero-order chi connectivity index (χ0) is 13.1. The summed E-state index contributed by atoms with van der Waals surface area (Å²) >= 11 is 0. The number of fused-ring (bicyclic) bond motifs is 1. The van der Waals surface area contributed by atoms with Crippen LogP contribution < -0.4 is 14.8 Å². The van der Waals surface area contributed by atoms with Crippen LogP contribution in [0.3, 0.4) is 0 Å². The van der Waals surface area contributed by atoms with Gasteiger partial charge in [-0.1, -0.05) is 13.8 Å². The summed E-state index contributed by atoms with van der Waals surface area (Å²) in [6.45, 7) is 4.16. The molecule has 0 spiro atoms. The van der Waals surface area contributed by atoms with Gasteiger partial charge in [-0.25, -0.2) is 4.79 Å². The van der Waals surface area contributed by atoms with Gasteiger partial charge >= 0.3 is 5.97 Å². The normalized spacial score (nSPS) is 14.4. The topological polar surface area (TPSA) is 56.8 Å². The van der Waals surface area contributed by atoms with Crippen LogP contribution in [0.25, 0.3) is 0 Å². The van der Waals surface area contributed by atoms with Crippen molar-refractivity contribution in [1.82, 2.24) is 0 Å².